The fourth-order valence-corrected chi connectivity index (χ4v) is 4.31. The second-order valence-electron chi connectivity index (χ2n) is 4.88. The number of nitrogens with one attached hydrogen (secondary N) is 1. The maximum atomic E-state index is 11.5. The summed E-state index contributed by atoms with van der Waals surface area (Å²) in [6.45, 7) is 3.73. The quantitative estimate of drug-likeness (QED) is 0.808. The van der Waals surface area contributed by atoms with Gasteiger partial charge in [-0.15, -0.1) is 0 Å². The lowest BCUT2D eigenvalue weighted by atomic mass is 10.1. The molecule has 0 bridgehead atoms. The fourth-order valence-electron chi connectivity index (χ4n) is 2.38. The molecule has 5 nitrogen and oxygen atoms in total. The first kappa shape index (κ1) is 14.2. The van der Waals surface area contributed by atoms with E-state index < -0.39 is 9.84 Å². The molecule has 1 atom stereocenters. The Hall–Kier alpha value is -1.21. The zero-order chi connectivity index (χ0) is 14.2. The SMILES string of the molecule is Cc1cc(NC2CCS(=O)(=O)C2)c(C(N)=S)c(C)n1. The molecule has 1 aromatic heterocycles. The summed E-state index contributed by atoms with van der Waals surface area (Å²) in [5.41, 5.74) is 8.81. The number of rotatable bonds is 3. The second kappa shape index (κ2) is 5.05. The Kier molecular flexibility index (Phi) is 3.78. The Morgan fingerprint density at radius 2 is 2.21 bits per heavy atom. The number of hydrogen-bond donors (Lipinski definition) is 2. The van der Waals surface area contributed by atoms with Crippen LogP contribution in [-0.4, -0.2) is 35.9 Å². The van der Waals surface area contributed by atoms with Crippen molar-refractivity contribution < 1.29 is 8.42 Å². The van der Waals surface area contributed by atoms with Crippen LogP contribution in [-0.2, 0) is 9.84 Å². The number of nitrogens with zero attached hydrogens (tertiary/aromatic N) is 1. The highest BCUT2D eigenvalue weighted by atomic mass is 32.2. The second-order valence-corrected chi connectivity index (χ2v) is 7.55. The van der Waals surface area contributed by atoms with E-state index in [9.17, 15) is 8.42 Å². The summed E-state index contributed by atoms with van der Waals surface area (Å²) in [5.74, 6) is 0.389. The van der Waals surface area contributed by atoms with Crippen LogP contribution < -0.4 is 11.1 Å². The number of thiocarbonyl (C=S) groups is 1. The third-order valence-electron chi connectivity index (χ3n) is 3.17. The molecule has 19 heavy (non-hydrogen) atoms. The third kappa shape index (κ3) is 3.22. The van der Waals surface area contributed by atoms with Gasteiger partial charge >= 0.3 is 0 Å². The Morgan fingerprint density at radius 3 is 2.74 bits per heavy atom. The van der Waals surface area contributed by atoms with Crippen LogP contribution in [0.5, 0.6) is 0 Å². The highest BCUT2D eigenvalue weighted by Gasteiger charge is 2.28. The molecular formula is C12H17N3O2S2. The molecule has 1 aliphatic rings. The Balaban J connectivity index is 2.32. The predicted molar refractivity (Wildman–Crippen MR) is 80.3 cm³/mol. The Labute approximate surface area is 118 Å². The van der Waals surface area contributed by atoms with Gasteiger partial charge in [-0.05, 0) is 26.3 Å². The lowest BCUT2D eigenvalue weighted by Crippen LogP contribution is -2.24. The van der Waals surface area contributed by atoms with Gasteiger partial charge in [0.2, 0.25) is 0 Å². The number of anilines is 1. The minimum absolute atomic E-state index is 0.0840. The van der Waals surface area contributed by atoms with E-state index in [1.54, 1.807) is 0 Å². The standard InChI is InChI=1S/C12H17N3O2S2/c1-7-5-10(11(12(13)18)8(2)14-7)15-9-3-4-19(16,17)6-9/h5,9H,3-4,6H2,1-2H3,(H2,13,18)(H,14,15). The van der Waals surface area contributed by atoms with E-state index in [0.29, 0.717) is 12.0 Å². The highest BCUT2D eigenvalue weighted by molar-refractivity contribution is 7.91. The van der Waals surface area contributed by atoms with Crippen LogP contribution in [0.4, 0.5) is 5.69 Å². The van der Waals surface area contributed by atoms with E-state index >= 15 is 0 Å². The average Bonchev–Trinajstić information content (AvgIpc) is 2.56. The van der Waals surface area contributed by atoms with Gasteiger partial charge in [-0.2, -0.15) is 0 Å². The van der Waals surface area contributed by atoms with Crippen molar-refractivity contribution in [2.45, 2.75) is 26.3 Å². The maximum absolute atomic E-state index is 11.5. The zero-order valence-corrected chi connectivity index (χ0v) is 12.6. The van der Waals surface area contributed by atoms with Crippen LogP contribution in [0.1, 0.15) is 23.4 Å². The van der Waals surface area contributed by atoms with Crippen molar-refractivity contribution in [3.05, 3.63) is 23.0 Å². The van der Waals surface area contributed by atoms with E-state index in [4.69, 9.17) is 18.0 Å². The average molecular weight is 299 g/mol. The molecule has 104 valence electrons. The molecule has 0 radical (unpaired) electrons. The van der Waals surface area contributed by atoms with Crippen molar-refractivity contribution in [3.8, 4) is 0 Å². The molecular weight excluding hydrogens is 282 g/mol. The lowest BCUT2D eigenvalue weighted by Gasteiger charge is -2.17. The number of hydrogen-bond acceptors (Lipinski definition) is 5. The van der Waals surface area contributed by atoms with Crippen molar-refractivity contribution >= 4 is 32.7 Å². The van der Waals surface area contributed by atoms with Gasteiger partial charge in [-0.1, -0.05) is 12.2 Å². The molecule has 1 aromatic rings. The predicted octanol–water partition coefficient (Wildman–Crippen LogP) is 0.932. The largest absolute Gasteiger partial charge is 0.389 e. The van der Waals surface area contributed by atoms with Crippen LogP contribution in [0.3, 0.4) is 0 Å². The summed E-state index contributed by atoms with van der Waals surface area (Å²) in [7, 11) is -2.91. The summed E-state index contributed by atoms with van der Waals surface area (Å²) in [4.78, 5) is 4.60. The van der Waals surface area contributed by atoms with Crippen molar-refractivity contribution in [2.75, 3.05) is 16.8 Å². The molecule has 1 aliphatic heterocycles. The summed E-state index contributed by atoms with van der Waals surface area (Å²) in [6.07, 6.45) is 0.611. The van der Waals surface area contributed by atoms with Crippen LogP contribution in [0.2, 0.25) is 0 Å². The highest BCUT2D eigenvalue weighted by Crippen LogP contribution is 2.23. The molecule has 1 fully saturated rings. The molecule has 7 heteroatoms. The van der Waals surface area contributed by atoms with Gasteiger partial charge in [0.1, 0.15) is 4.99 Å². The summed E-state index contributed by atoms with van der Waals surface area (Å²) in [5, 5.41) is 3.24. The van der Waals surface area contributed by atoms with E-state index in [1.165, 1.54) is 0 Å². The fraction of sp³-hybridized carbons (Fsp3) is 0.500. The first-order valence-corrected chi connectivity index (χ1v) is 8.26. The number of pyridine rings is 1. The van der Waals surface area contributed by atoms with Crippen molar-refractivity contribution in [2.24, 2.45) is 5.73 Å². The summed E-state index contributed by atoms with van der Waals surface area (Å²) in [6, 6.07) is 1.77. The first-order chi connectivity index (χ1) is 8.78. The van der Waals surface area contributed by atoms with Crippen molar-refractivity contribution in [1.82, 2.24) is 4.98 Å². The summed E-state index contributed by atoms with van der Waals surface area (Å²) >= 11 is 5.05. The smallest absolute Gasteiger partial charge is 0.152 e. The van der Waals surface area contributed by atoms with Gasteiger partial charge in [0.05, 0.1) is 17.1 Å². The Bertz CT molecular complexity index is 626. The van der Waals surface area contributed by atoms with E-state index in [2.05, 4.69) is 10.3 Å². The molecule has 0 aromatic carbocycles. The van der Waals surface area contributed by atoms with E-state index in [-0.39, 0.29) is 22.5 Å². The van der Waals surface area contributed by atoms with Crippen LogP contribution in [0.25, 0.3) is 0 Å². The number of nitrogens with two attached hydrogens (primary N) is 1. The lowest BCUT2D eigenvalue weighted by molar-refractivity contribution is 0.602. The minimum Gasteiger partial charge on any atom is -0.389 e. The van der Waals surface area contributed by atoms with E-state index in [0.717, 1.165) is 17.1 Å². The van der Waals surface area contributed by atoms with Gasteiger partial charge in [0.25, 0.3) is 0 Å². The third-order valence-corrected chi connectivity index (χ3v) is 5.14. The molecule has 1 saturated heterocycles. The van der Waals surface area contributed by atoms with E-state index in [1.807, 2.05) is 19.9 Å². The normalized spacial score (nSPS) is 21.3. The minimum atomic E-state index is -2.91. The summed E-state index contributed by atoms with van der Waals surface area (Å²) < 4.78 is 23.0. The van der Waals surface area contributed by atoms with Crippen LogP contribution in [0, 0.1) is 13.8 Å². The van der Waals surface area contributed by atoms with Crippen molar-refractivity contribution in [3.63, 3.8) is 0 Å². The van der Waals surface area contributed by atoms with Gasteiger partial charge in [0.15, 0.2) is 9.84 Å². The first-order valence-electron chi connectivity index (χ1n) is 6.03. The molecule has 0 aliphatic carbocycles. The number of sulfone groups is 1. The number of aromatic nitrogens is 1. The van der Waals surface area contributed by atoms with Gasteiger partial charge in [-0.3, -0.25) is 4.98 Å². The van der Waals surface area contributed by atoms with Gasteiger partial charge in [0, 0.05) is 23.1 Å². The Morgan fingerprint density at radius 1 is 1.53 bits per heavy atom. The van der Waals surface area contributed by atoms with Gasteiger partial charge < -0.3 is 11.1 Å². The maximum Gasteiger partial charge on any atom is 0.152 e. The molecule has 0 spiro atoms. The molecule has 0 amide bonds. The molecule has 1 unspecified atom stereocenters. The molecule has 0 saturated carbocycles. The topological polar surface area (TPSA) is 85.1 Å². The monoisotopic (exact) mass is 299 g/mol. The van der Waals surface area contributed by atoms with Gasteiger partial charge in [-0.25, -0.2) is 8.42 Å². The molecule has 2 heterocycles. The van der Waals surface area contributed by atoms with Crippen molar-refractivity contribution in [1.29, 1.82) is 0 Å². The van der Waals surface area contributed by atoms with Crippen LogP contribution >= 0.6 is 12.2 Å². The molecule has 2 rings (SSSR count). The number of aryl methyl sites for hydroxylation is 2. The zero-order valence-electron chi connectivity index (χ0n) is 10.9. The molecule has 3 N–H and O–H groups in total. The van der Waals surface area contributed by atoms with Crippen LogP contribution in [0.15, 0.2) is 6.07 Å².